The molecule has 11 heteroatoms. The predicted octanol–water partition coefficient (Wildman–Crippen LogP) is 2.03. The van der Waals surface area contributed by atoms with E-state index in [2.05, 4.69) is 21.3 Å². The average Bonchev–Trinajstić information content (AvgIpc) is 2.78. The van der Waals surface area contributed by atoms with Crippen LogP contribution in [0.5, 0.6) is 0 Å². The van der Waals surface area contributed by atoms with Gasteiger partial charge in [0.05, 0.1) is 6.61 Å². The molecule has 0 aliphatic rings. The van der Waals surface area contributed by atoms with E-state index in [0.717, 1.165) is 6.42 Å². The molecule has 5 atom stereocenters. The van der Waals surface area contributed by atoms with Gasteiger partial charge in [0.15, 0.2) is 0 Å². The third kappa shape index (κ3) is 15.6. The first kappa shape index (κ1) is 33.6. The van der Waals surface area contributed by atoms with Crippen LogP contribution in [0.2, 0.25) is 0 Å². The molecule has 0 heterocycles. The van der Waals surface area contributed by atoms with Crippen LogP contribution in [-0.2, 0) is 28.6 Å². The fraction of sp³-hybridized carbons (Fsp3) is 0.840. The molecule has 210 valence electrons. The number of ether oxygens (including phenoxy) is 3. The molecule has 0 fully saturated rings. The van der Waals surface area contributed by atoms with Crippen LogP contribution >= 0.6 is 0 Å². The van der Waals surface area contributed by atoms with Gasteiger partial charge in [0, 0.05) is 31.8 Å². The number of rotatable bonds is 18. The van der Waals surface area contributed by atoms with Gasteiger partial charge in [0.1, 0.15) is 18.2 Å². The van der Waals surface area contributed by atoms with Crippen LogP contribution in [0.4, 0.5) is 4.79 Å². The molecular weight excluding hydrogens is 468 g/mol. The lowest BCUT2D eigenvalue weighted by atomic mass is 10.1. The summed E-state index contributed by atoms with van der Waals surface area (Å²) in [5.74, 6) is -0.609. The van der Waals surface area contributed by atoms with Crippen molar-refractivity contribution in [2.45, 2.75) is 117 Å². The molecule has 0 aromatic rings. The van der Waals surface area contributed by atoms with Crippen LogP contribution < -0.4 is 21.3 Å². The molecule has 0 aromatic carbocycles. The summed E-state index contributed by atoms with van der Waals surface area (Å²) in [6.45, 7) is 13.2. The standard InChI is InChI=1S/C25H48N4O7/c1-9-35-25(33)29-19(6)22(30)27-18(5)13-11-15-36-20(7)23(31)28-17(4)12-10-14-21(34-8)24(32)26-16(2)3/h16-21H,9-15H2,1-8H3,(H,26,32)(H,27,30)(H,28,31)(H,29,33). The monoisotopic (exact) mass is 516 g/mol. The number of nitrogens with one attached hydrogen (secondary N) is 4. The lowest BCUT2D eigenvalue weighted by Gasteiger charge is -2.20. The molecule has 0 bridgehead atoms. The Morgan fingerprint density at radius 1 is 0.722 bits per heavy atom. The van der Waals surface area contributed by atoms with E-state index in [1.54, 1.807) is 20.8 Å². The smallest absolute Gasteiger partial charge is 0.407 e. The Morgan fingerprint density at radius 3 is 1.86 bits per heavy atom. The van der Waals surface area contributed by atoms with E-state index in [-0.39, 0.29) is 42.5 Å². The van der Waals surface area contributed by atoms with Crippen molar-refractivity contribution in [3.05, 3.63) is 0 Å². The van der Waals surface area contributed by atoms with Crippen LogP contribution in [0, 0.1) is 0 Å². The summed E-state index contributed by atoms with van der Waals surface area (Å²) < 4.78 is 15.7. The van der Waals surface area contributed by atoms with Crippen LogP contribution in [-0.4, -0.2) is 80.5 Å². The maximum atomic E-state index is 12.4. The predicted molar refractivity (Wildman–Crippen MR) is 137 cm³/mol. The highest BCUT2D eigenvalue weighted by atomic mass is 16.5. The van der Waals surface area contributed by atoms with Crippen LogP contribution in [0.3, 0.4) is 0 Å². The van der Waals surface area contributed by atoms with Crippen molar-refractivity contribution in [1.29, 1.82) is 0 Å². The first-order chi connectivity index (χ1) is 16.9. The van der Waals surface area contributed by atoms with Gasteiger partial charge in [-0.25, -0.2) is 4.79 Å². The number of hydrogen-bond acceptors (Lipinski definition) is 7. The average molecular weight is 517 g/mol. The highest BCUT2D eigenvalue weighted by molar-refractivity contribution is 5.85. The van der Waals surface area contributed by atoms with Crippen LogP contribution in [0.25, 0.3) is 0 Å². The zero-order valence-electron chi connectivity index (χ0n) is 23.3. The van der Waals surface area contributed by atoms with Gasteiger partial charge in [-0.15, -0.1) is 0 Å². The molecule has 4 N–H and O–H groups in total. The van der Waals surface area contributed by atoms with Crippen LogP contribution in [0.15, 0.2) is 0 Å². The maximum absolute atomic E-state index is 12.4. The zero-order chi connectivity index (χ0) is 27.7. The highest BCUT2D eigenvalue weighted by Gasteiger charge is 2.20. The van der Waals surface area contributed by atoms with E-state index in [9.17, 15) is 19.2 Å². The molecule has 11 nitrogen and oxygen atoms in total. The van der Waals surface area contributed by atoms with Gasteiger partial charge in [0.25, 0.3) is 0 Å². The Balaban J connectivity index is 4.14. The van der Waals surface area contributed by atoms with E-state index < -0.39 is 24.3 Å². The summed E-state index contributed by atoms with van der Waals surface area (Å²) in [5, 5.41) is 11.1. The molecule has 0 rings (SSSR count). The van der Waals surface area contributed by atoms with Gasteiger partial charge in [-0.3, -0.25) is 14.4 Å². The largest absolute Gasteiger partial charge is 0.450 e. The fourth-order valence-corrected chi connectivity index (χ4v) is 3.36. The van der Waals surface area contributed by atoms with Gasteiger partial charge in [0.2, 0.25) is 17.7 Å². The molecule has 0 saturated carbocycles. The molecule has 5 unspecified atom stereocenters. The second-order valence-corrected chi connectivity index (χ2v) is 9.38. The van der Waals surface area contributed by atoms with Gasteiger partial charge in [-0.05, 0) is 80.6 Å². The molecular formula is C25H48N4O7. The van der Waals surface area contributed by atoms with E-state index in [1.807, 2.05) is 27.7 Å². The molecule has 36 heavy (non-hydrogen) atoms. The van der Waals surface area contributed by atoms with Gasteiger partial charge in [-0.2, -0.15) is 0 Å². The number of amides is 4. The molecule has 0 aromatic heterocycles. The molecule has 0 saturated heterocycles. The summed E-state index contributed by atoms with van der Waals surface area (Å²) in [7, 11) is 1.52. The Bertz CT molecular complexity index is 675. The van der Waals surface area contributed by atoms with Gasteiger partial charge >= 0.3 is 6.09 Å². The minimum absolute atomic E-state index is 0.0561. The van der Waals surface area contributed by atoms with Crippen molar-refractivity contribution in [1.82, 2.24) is 21.3 Å². The second kappa shape index (κ2) is 18.8. The lowest BCUT2D eigenvalue weighted by molar-refractivity contribution is -0.133. The van der Waals surface area contributed by atoms with Crippen molar-refractivity contribution in [3.8, 4) is 0 Å². The topological polar surface area (TPSA) is 144 Å². The summed E-state index contributed by atoms with van der Waals surface area (Å²) in [4.78, 5) is 48.0. The third-order valence-corrected chi connectivity index (χ3v) is 5.41. The van der Waals surface area contributed by atoms with Crippen molar-refractivity contribution in [2.24, 2.45) is 0 Å². The summed E-state index contributed by atoms with van der Waals surface area (Å²) >= 11 is 0. The Hall–Kier alpha value is -2.40. The SMILES string of the molecule is CCOC(=O)NC(C)C(=O)NC(C)CCCOC(C)C(=O)NC(C)CCCC(OC)C(=O)NC(C)C. The molecule has 0 radical (unpaired) electrons. The number of alkyl carbamates (subject to hydrolysis) is 1. The van der Waals surface area contributed by atoms with Crippen LogP contribution in [0.1, 0.15) is 80.6 Å². The van der Waals surface area contributed by atoms with Gasteiger partial charge in [-0.1, -0.05) is 0 Å². The first-order valence-corrected chi connectivity index (χ1v) is 12.9. The Labute approximate surface area is 216 Å². The van der Waals surface area contributed by atoms with E-state index >= 15 is 0 Å². The number of hydrogen-bond donors (Lipinski definition) is 4. The van der Waals surface area contributed by atoms with Crippen molar-refractivity contribution in [3.63, 3.8) is 0 Å². The first-order valence-electron chi connectivity index (χ1n) is 12.9. The number of methoxy groups -OCH3 is 1. The minimum Gasteiger partial charge on any atom is -0.450 e. The fourth-order valence-electron chi connectivity index (χ4n) is 3.36. The Kier molecular flexibility index (Phi) is 17.6. The summed E-state index contributed by atoms with van der Waals surface area (Å²) in [6, 6.07) is -0.823. The van der Waals surface area contributed by atoms with E-state index in [1.165, 1.54) is 7.11 Å². The third-order valence-electron chi connectivity index (χ3n) is 5.41. The normalized spacial score (nSPS) is 15.2. The number of carbonyl (C=O) groups is 4. The molecule has 4 amide bonds. The van der Waals surface area contributed by atoms with E-state index in [0.29, 0.717) is 32.3 Å². The Morgan fingerprint density at radius 2 is 1.31 bits per heavy atom. The highest BCUT2D eigenvalue weighted by Crippen LogP contribution is 2.08. The maximum Gasteiger partial charge on any atom is 0.407 e. The summed E-state index contributed by atoms with van der Waals surface area (Å²) in [6.07, 6.45) is 1.62. The van der Waals surface area contributed by atoms with Gasteiger partial charge < -0.3 is 35.5 Å². The summed E-state index contributed by atoms with van der Waals surface area (Å²) in [5.41, 5.74) is 0. The molecule has 0 aliphatic carbocycles. The zero-order valence-corrected chi connectivity index (χ0v) is 23.3. The minimum atomic E-state index is -0.703. The van der Waals surface area contributed by atoms with E-state index in [4.69, 9.17) is 14.2 Å². The lowest BCUT2D eigenvalue weighted by Crippen LogP contribution is -2.47. The number of carbonyl (C=O) groups excluding carboxylic acids is 4. The molecule has 0 spiro atoms. The molecule has 0 aliphatic heterocycles. The quantitative estimate of drug-likeness (QED) is 0.204. The second-order valence-electron chi connectivity index (χ2n) is 9.38. The van der Waals surface area contributed by atoms with Crippen molar-refractivity contribution < 1.29 is 33.4 Å². The van der Waals surface area contributed by atoms with Crippen molar-refractivity contribution >= 4 is 23.8 Å². The van der Waals surface area contributed by atoms with Crippen molar-refractivity contribution in [2.75, 3.05) is 20.3 Å².